The number of nitrogens with zero attached hydrogens (tertiary/aromatic N) is 3. The Morgan fingerprint density at radius 1 is 1.43 bits per heavy atom. The van der Waals surface area contributed by atoms with Gasteiger partial charge in [-0.15, -0.1) is 0 Å². The smallest absolute Gasteiger partial charge is 0.137 e. The highest BCUT2D eigenvalue weighted by Gasteiger charge is 2.32. The molecule has 0 spiro atoms. The molecule has 0 bridgehead atoms. The van der Waals surface area contributed by atoms with Crippen LogP contribution in [-0.2, 0) is 9.92 Å². The molecule has 3 rings (SSSR count). The van der Waals surface area contributed by atoms with Crippen LogP contribution in [0.1, 0.15) is 24.1 Å². The van der Waals surface area contributed by atoms with Crippen LogP contribution in [0.5, 0.6) is 0 Å². The first kappa shape index (κ1) is 16.4. The molecular weight excluding hydrogens is 308 g/mol. The molecule has 1 aliphatic carbocycles. The van der Waals surface area contributed by atoms with Gasteiger partial charge in [0.15, 0.2) is 0 Å². The van der Waals surface area contributed by atoms with Gasteiger partial charge in [0.2, 0.25) is 0 Å². The molecule has 1 fully saturated rings. The van der Waals surface area contributed by atoms with Crippen molar-refractivity contribution in [3.8, 4) is 0 Å². The molecule has 0 aromatic carbocycles. The van der Waals surface area contributed by atoms with Gasteiger partial charge in [-0.25, -0.2) is 13.3 Å². The van der Waals surface area contributed by atoms with E-state index in [9.17, 15) is 4.21 Å². The van der Waals surface area contributed by atoms with E-state index in [0.717, 1.165) is 24.1 Å². The molecule has 1 atom stereocenters. The Labute approximate surface area is 138 Å². The molecule has 1 aliphatic heterocycles. The topological polar surface area (TPSA) is 60.3 Å². The molecular formula is C17H24N4OS. The van der Waals surface area contributed by atoms with Crippen molar-refractivity contribution in [2.24, 2.45) is 0 Å². The average Bonchev–Trinajstić information content (AvgIpc) is 3.39. The van der Waals surface area contributed by atoms with E-state index >= 15 is 0 Å². The monoisotopic (exact) mass is 332 g/mol. The van der Waals surface area contributed by atoms with E-state index in [4.69, 9.17) is 4.78 Å². The number of hydrogen-bond donors (Lipinski definition) is 1. The highest BCUT2D eigenvalue weighted by Crippen LogP contribution is 2.29. The van der Waals surface area contributed by atoms with Crippen molar-refractivity contribution < 1.29 is 4.21 Å². The van der Waals surface area contributed by atoms with Crippen molar-refractivity contribution in [2.45, 2.75) is 31.8 Å². The largest absolute Gasteiger partial charge is 0.293 e. The van der Waals surface area contributed by atoms with E-state index in [1.54, 1.807) is 16.6 Å². The highest BCUT2D eigenvalue weighted by atomic mass is 32.2. The van der Waals surface area contributed by atoms with Gasteiger partial charge in [-0.3, -0.25) is 9.88 Å². The van der Waals surface area contributed by atoms with Gasteiger partial charge in [0.05, 0.1) is 4.91 Å². The van der Waals surface area contributed by atoms with E-state index < -0.39 is 9.92 Å². The van der Waals surface area contributed by atoms with Crippen LogP contribution in [0.15, 0.2) is 37.1 Å². The Hall–Kier alpha value is -1.50. The van der Waals surface area contributed by atoms with Crippen LogP contribution in [0.25, 0.3) is 4.91 Å². The molecule has 1 unspecified atom stereocenters. The number of likely N-dealkylation sites (N-methyl/N-ethyl adjacent to an activating group) is 1. The van der Waals surface area contributed by atoms with Crippen molar-refractivity contribution in [1.82, 2.24) is 14.2 Å². The van der Waals surface area contributed by atoms with E-state index in [1.807, 2.05) is 13.0 Å². The molecule has 23 heavy (non-hydrogen) atoms. The predicted octanol–water partition coefficient (Wildman–Crippen LogP) is 2.66. The molecule has 0 radical (unpaired) electrons. The zero-order valence-electron chi connectivity index (χ0n) is 13.7. The minimum absolute atomic E-state index is 0.374. The van der Waals surface area contributed by atoms with Crippen LogP contribution in [0.3, 0.4) is 0 Å². The maximum atomic E-state index is 13.1. The molecule has 0 amide bonds. The Kier molecular flexibility index (Phi) is 4.40. The van der Waals surface area contributed by atoms with Crippen molar-refractivity contribution in [2.75, 3.05) is 20.1 Å². The standard InChI is InChI=1S/C17H24N4OS/c1-13-17(5-4-10-19-13)14(2)23(18,22)21-11-8-16(9-12-21)20(3)15-6-7-15/h4-7,10,15-16,18H,2,8-9,11-12H2,1,3H3. The third kappa shape index (κ3) is 3.24. The Bertz CT molecular complexity index is 727. The summed E-state index contributed by atoms with van der Waals surface area (Å²) in [6.07, 6.45) is 7.94. The van der Waals surface area contributed by atoms with Crippen LogP contribution < -0.4 is 0 Å². The number of piperidine rings is 1. The van der Waals surface area contributed by atoms with Gasteiger partial charge in [0, 0.05) is 42.6 Å². The SMILES string of the molecule is C=C(c1cccnc1C)S(=N)(=O)N1CCC(N(C)C2C=C2)CC1. The molecule has 1 N–H and O–H groups in total. The van der Waals surface area contributed by atoms with Crippen LogP contribution in [0.4, 0.5) is 0 Å². The number of nitrogens with one attached hydrogen (secondary N) is 1. The van der Waals surface area contributed by atoms with E-state index in [2.05, 4.69) is 35.7 Å². The molecule has 124 valence electrons. The lowest BCUT2D eigenvalue weighted by Crippen LogP contribution is -2.46. The molecule has 1 aromatic heterocycles. The van der Waals surface area contributed by atoms with Gasteiger partial charge < -0.3 is 0 Å². The van der Waals surface area contributed by atoms with Crippen molar-refractivity contribution in [3.05, 3.63) is 48.3 Å². The fraction of sp³-hybridized carbons (Fsp3) is 0.471. The number of aryl methyl sites for hydroxylation is 1. The molecule has 5 nitrogen and oxygen atoms in total. The average molecular weight is 332 g/mol. The number of rotatable bonds is 5. The second kappa shape index (κ2) is 6.19. The van der Waals surface area contributed by atoms with Crippen LogP contribution in [0.2, 0.25) is 0 Å². The number of pyridine rings is 1. The van der Waals surface area contributed by atoms with Gasteiger partial charge in [-0.2, -0.15) is 0 Å². The van der Waals surface area contributed by atoms with Gasteiger partial charge in [-0.05, 0) is 32.9 Å². The molecule has 1 aromatic rings. The van der Waals surface area contributed by atoms with Crippen LogP contribution >= 0.6 is 0 Å². The van der Waals surface area contributed by atoms with E-state index in [1.165, 1.54) is 0 Å². The second-order valence-electron chi connectivity index (χ2n) is 6.29. The summed E-state index contributed by atoms with van der Waals surface area (Å²) in [5.74, 6) is 0. The Balaban J connectivity index is 1.69. The first-order valence-electron chi connectivity index (χ1n) is 7.96. The fourth-order valence-corrected chi connectivity index (χ4v) is 4.71. The lowest BCUT2D eigenvalue weighted by Gasteiger charge is -2.37. The third-order valence-corrected chi connectivity index (χ3v) is 6.82. The lowest BCUT2D eigenvalue weighted by molar-refractivity contribution is 0.171. The molecule has 2 aliphatic rings. The summed E-state index contributed by atoms with van der Waals surface area (Å²) in [4.78, 5) is 6.96. The zero-order chi connectivity index (χ0) is 16.6. The van der Waals surface area contributed by atoms with Crippen LogP contribution in [0, 0.1) is 11.7 Å². The maximum absolute atomic E-state index is 13.1. The lowest BCUT2D eigenvalue weighted by atomic mass is 10.1. The Morgan fingerprint density at radius 3 is 2.65 bits per heavy atom. The summed E-state index contributed by atoms with van der Waals surface area (Å²) >= 11 is 0. The summed E-state index contributed by atoms with van der Waals surface area (Å²) < 4.78 is 23.3. The van der Waals surface area contributed by atoms with Crippen molar-refractivity contribution in [3.63, 3.8) is 0 Å². The summed E-state index contributed by atoms with van der Waals surface area (Å²) in [7, 11) is -0.887. The Morgan fingerprint density at radius 2 is 2.09 bits per heavy atom. The third-order valence-electron chi connectivity index (χ3n) is 4.84. The van der Waals surface area contributed by atoms with Crippen molar-refractivity contribution >= 4 is 14.8 Å². The molecule has 0 saturated carbocycles. The van der Waals surface area contributed by atoms with Gasteiger partial charge in [0.1, 0.15) is 9.92 Å². The molecule has 2 heterocycles. The maximum Gasteiger partial charge on any atom is 0.137 e. The molecule has 6 heteroatoms. The summed E-state index contributed by atoms with van der Waals surface area (Å²) in [6, 6.07) is 4.64. The number of aromatic nitrogens is 1. The first-order valence-corrected chi connectivity index (χ1v) is 9.48. The van der Waals surface area contributed by atoms with Gasteiger partial charge in [-0.1, -0.05) is 24.8 Å². The minimum Gasteiger partial charge on any atom is -0.293 e. The number of hydrogen-bond acceptors (Lipinski definition) is 4. The summed E-state index contributed by atoms with van der Waals surface area (Å²) in [5, 5.41) is 0. The second-order valence-corrected chi connectivity index (χ2v) is 8.35. The van der Waals surface area contributed by atoms with Gasteiger partial charge in [0.25, 0.3) is 0 Å². The first-order chi connectivity index (χ1) is 10.9. The minimum atomic E-state index is -3.03. The van der Waals surface area contributed by atoms with E-state index in [0.29, 0.717) is 30.1 Å². The normalized spacial score (nSPS) is 22.2. The summed E-state index contributed by atoms with van der Waals surface area (Å²) in [5.41, 5.74) is 1.50. The van der Waals surface area contributed by atoms with Crippen LogP contribution in [-0.4, -0.2) is 50.6 Å². The summed E-state index contributed by atoms with van der Waals surface area (Å²) in [6.45, 7) is 7.16. The van der Waals surface area contributed by atoms with Crippen molar-refractivity contribution in [1.29, 1.82) is 4.78 Å². The highest BCUT2D eigenvalue weighted by molar-refractivity contribution is 7.99. The molecule has 1 saturated heterocycles. The fourth-order valence-electron chi connectivity index (χ4n) is 3.16. The van der Waals surface area contributed by atoms with Gasteiger partial charge >= 0.3 is 0 Å². The van der Waals surface area contributed by atoms with E-state index in [-0.39, 0.29) is 0 Å². The predicted molar refractivity (Wildman–Crippen MR) is 94.2 cm³/mol. The quantitative estimate of drug-likeness (QED) is 0.843. The zero-order valence-corrected chi connectivity index (χ0v) is 14.6.